The van der Waals surface area contributed by atoms with E-state index in [1.807, 2.05) is 24.3 Å². The molecule has 1 aliphatic rings. The quantitative estimate of drug-likeness (QED) is 0.495. The van der Waals surface area contributed by atoms with Gasteiger partial charge in [-0.15, -0.1) is 0 Å². The summed E-state index contributed by atoms with van der Waals surface area (Å²) in [6, 6.07) is 6.29. The summed E-state index contributed by atoms with van der Waals surface area (Å²) in [6.07, 6.45) is 0. The highest BCUT2D eigenvalue weighted by molar-refractivity contribution is 9.10. The molecule has 2 amide bonds. The Morgan fingerprint density at radius 2 is 2.05 bits per heavy atom. The topological polar surface area (TPSA) is 84.7 Å². The number of halogens is 1. The van der Waals surface area contributed by atoms with Crippen LogP contribution in [0.4, 0.5) is 4.79 Å². The number of benzene rings is 1. The van der Waals surface area contributed by atoms with Gasteiger partial charge in [-0.1, -0.05) is 28.1 Å². The van der Waals surface area contributed by atoms with Crippen LogP contribution in [0.1, 0.15) is 25.5 Å². The Hall–Kier alpha value is -1.86. The second-order valence-corrected chi connectivity index (χ2v) is 5.44. The molecule has 0 saturated carbocycles. The van der Waals surface area contributed by atoms with Crippen LogP contribution in [0.25, 0.3) is 0 Å². The standard InChI is InChI=1S/C14H16BrN3O3/c1-3-21-13(19)11-8(2)18(16)14(20)17-12(11)9-4-6-10(15)7-5-9/h4-7,12H,3,16H2,1-2H3,(H,17,20)/t12-/m0/s1. The minimum atomic E-state index is -0.579. The first-order valence-corrected chi connectivity index (χ1v) is 7.23. The maximum atomic E-state index is 12.2. The number of nitrogens with one attached hydrogen (secondary N) is 1. The summed E-state index contributed by atoms with van der Waals surface area (Å²) >= 11 is 3.35. The van der Waals surface area contributed by atoms with Gasteiger partial charge < -0.3 is 10.1 Å². The molecular weight excluding hydrogens is 338 g/mol. The Kier molecular flexibility index (Phi) is 4.64. The maximum Gasteiger partial charge on any atom is 0.338 e. The van der Waals surface area contributed by atoms with E-state index in [2.05, 4.69) is 21.2 Å². The largest absolute Gasteiger partial charge is 0.463 e. The Morgan fingerprint density at radius 1 is 1.43 bits per heavy atom. The summed E-state index contributed by atoms with van der Waals surface area (Å²) in [5, 5.41) is 3.63. The molecule has 112 valence electrons. The number of amides is 2. The van der Waals surface area contributed by atoms with Gasteiger partial charge in [0, 0.05) is 10.2 Å². The van der Waals surface area contributed by atoms with Crippen LogP contribution in [-0.4, -0.2) is 23.6 Å². The number of carbonyl (C=O) groups excluding carboxylic acids is 2. The monoisotopic (exact) mass is 353 g/mol. The molecular formula is C14H16BrN3O3. The van der Waals surface area contributed by atoms with Crippen LogP contribution < -0.4 is 11.2 Å². The molecule has 0 aliphatic carbocycles. The number of hydrogen-bond donors (Lipinski definition) is 2. The number of nitrogens with two attached hydrogens (primary N) is 1. The van der Waals surface area contributed by atoms with Gasteiger partial charge in [0.25, 0.3) is 0 Å². The lowest BCUT2D eigenvalue weighted by atomic mass is 9.95. The molecule has 0 aromatic heterocycles. The first kappa shape index (κ1) is 15.5. The van der Waals surface area contributed by atoms with E-state index >= 15 is 0 Å². The zero-order valence-electron chi connectivity index (χ0n) is 11.7. The fourth-order valence-electron chi connectivity index (χ4n) is 2.14. The molecule has 0 radical (unpaired) electrons. The van der Waals surface area contributed by atoms with Crippen LogP contribution in [0.15, 0.2) is 40.0 Å². The number of hydrazine groups is 1. The number of hydrogen-bond acceptors (Lipinski definition) is 4. The van der Waals surface area contributed by atoms with Crippen molar-refractivity contribution < 1.29 is 14.3 Å². The Balaban J connectivity index is 2.48. The summed E-state index contributed by atoms with van der Waals surface area (Å²) in [5.74, 6) is 5.17. The minimum Gasteiger partial charge on any atom is -0.463 e. The van der Waals surface area contributed by atoms with E-state index in [1.165, 1.54) is 0 Å². The second kappa shape index (κ2) is 6.28. The summed E-state index contributed by atoms with van der Waals surface area (Å²) in [5.41, 5.74) is 1.49. The third-order valence-corrected chi connectivity index (χ3v) is 3.75. The SMILES string of the molecule is CCOC(=O)C1=C(C)N(N)C(=O)N[C@H]1c1ccc(Br)cc1. The van der Waals surface area contributed by atoms with Crippen molar-refractivity contribution in [3.63, 3.8) is 0 Å². The average Bonchev–Trinajstić information content (AvgIpc) is 2.45. The van der Waals surface area contributed by atoms with E-state index in [9.17, 15) is 9.59 Å². The third-order valence-electron chi connectivity index (χ3n) is 3.23. The molecule has 0 unspecified atom stereocenters. The highest BCUT2D eigenvalue weighted by Crippen LogP contribution is 2.30. The summed E-state index contributed by atoms with van der Waals surface area (Å²) in [4.78, 5) is 24.1. The molecule has 2 rings (SSSR count). The van der Waals surface area contributed by atoms with Crippen LogP contribution in [0.3, 0.4) is 0 Å². The molecule has 0 saturated heterocycles. The molecule has 7 heteroatoms. The number of esters is 1. The number of allylic oxidation sites excluding steroid dienone is 1. The number of urea groups is 1. The second-order valence-electron chi connectivity index (χ2n) is 4.52. The number of rotatable bonds is 3. The van der Waals surface area contributed by atoms with E-state index in [1.54, 1.807) is 13.8 Å². The number of ether oxygens (including phenoxy) is 1. The molecule has 3 N–H and O–H groups in total. The zero-order valence-corrected chi connectivity index (χ0v) is 13.3. The van der Waals surface area contributed by atoms with E-state index in [0.717, 1.165) is 15.0 Å². The lowest BCUT2D eigenvalue weighted by Gasteiger charge is -2.32. The van der Waals surface area contributed by atoms with Gasteiger partial charge in [-0.2, -0.15) is 0 Å². The van der Waals surface area contributed by atoms with Gasteiger partial charge >= 0.3 is 12.0 Å². The molecule has 1 heterocycles. The highest BCUT2D eigenvalue weighted by Gasteiger charge is 2.35. The lowest BCUT2D eigenvalue weighted by Crippen LogP contribution is -2.51. The number of nitrogens with zero attached hydrogens (tertiary/aromatic N) is 1. The van der Waals surface area contributed by atoms with Gasteiger partial charge in [-0.05, 0) is 31.5 Å². The van der Waals surface area contributed by atoms with Crippen LogP contribution in [0.5, 0.6) is 0 Å². The van der Waals surface area contributed by atoms with Gasteiger partial charge in [0.2, 0.25) is 0 Å². The molecule has 6 nitrogen and oxygen atoms in total. The van der Waals surface area contributed by atoms with Crippen molar-refractivity contribution in [2.24, 2.45) is 5.84 Å². The molecule has 1 aliphatic heterocycles. The van der Waals surface area contributed by atoms with Crippen molar-refractivity contribution in [1.29, 1.82) is 0 Å². The number of carbonyl (C=O) groups is 2. The van der Waals surface area contributed by atoms with E-state index in [4.69, 9.17) is 10.6 Å². The predicted octanol–water partition coefficient (Wildman–Crippen LogP) is 2.23. The Morgan fingerprint density at radius 3 is 2.62 bits per heavy atom. The maximum absolute atomic E-state index is 12.2. The highest BCUT2D eigenvalue weighted by atomic mass is 79.9. The van der Waals surface area contributed by atoms with Crippen molar-refractivity contribution >= 4 is 27.9 Å². The molecule has 1 atom stereocenters. The van der Waals surface area contributed by atoms with E-state index in [0.29, 0.717) is 11.3 Å². The zero-order chi connectivity index (χ0) is 15.6. The Bertz CT molecular complexity index is 598. The van der Waals surface area contributed by atoms with Gasteiger partial charge in [0.05, 0.1) is 18.2 Å². The molecule has 21 heavy (non-hydrogen) atoms. The van der Waals surface area contributed by atoms with Crippen molar-refractivity contribution in [2.75, 3.05) is 6.61 Å². The first-order valence-electron chi connectivity index (χ1n) is 6.44. The van der Waals surface area contributed by atoms with Crippen molar-refractivity contribution in [2.45, 2.75) is 19.9 Å². The average molecular weight is 354 g/mol. The van der Waals surface area contributed by atoms with Gasteiger partial charge in [-0.25, -0.2) is 20.4 Å². The third kappa shape index (κ3) is 3.08. The van der Waals surface area contributed by atoms with Crippen LogP contribution in [0.2, 0.25) is 0 Å². The van der Waals surface area contributed by atoms with Crippen LogP contribution in [0, 0.1) is 0 Å². The summed E-state index contributed by atoms with van der Waals surface area (Å²) in [7, 11) is 0. The first-order chi connectivity index (χ1) is 9.95. The summed E-state index contributed by atoms with van der Waals surface area (Å²) < 4.78 is 5.98. The normalized spacial score (nSPS) is 18.6. The van der Waals surface area contributed by atoms with Gasteiger partial charge in [0.15, 0.2) is 0 Å². The smallest absolute Gasteiger partial charge is 0.338 e. The predicted molar refractivity (Wildman–Crippen MR) is 80.8 cm³/mol. The molecule has 1 aromatic rings. The molecule has 0 bridgehead atoms. The van der Waals surface area contributed by atoms with Crippen molar-refractivity contribution in [3.8, 4) is 0 Å². The van der Waals surface area contributed by atoms with Crippen LogP contribution >= 0.6 is 15.9 Å². The van der Waals surface area contributed by atoms with Crippen molar-refractivity contribution in [3.05, 3.63) is 45.6 Å². The molecule has 1 aromatic carbocycles. The molecule has 0 spiro atoms. The Labute approximate surface area is 131 Å². The van der Waals surface area contributed by atoms with Gasteiger partial charge in [0.1, 0.15) is 0 Å². The van der Waals surface area contributed by atoms with E-state index < -0.39 is 18.0 Å². The minimum absolute atomic E-state index is 0.251. The lowest BCUT2D eigenvalue weighted by molar-refractivity contribution is -0.139. The van der Waals surface area contributed by atoms with Crippen LogP contribution in [-0.2, 0) is 9.53 Å². The molecule has 0 fully saturated rings. The van der Waals surface area contributed by atoms with Gasteiger partial charge in [-0.3, -0.25) is 0 Å². The van der Waals surface area contributed by atoms with E-state index in [-0.39, 0.29) is 6.61 Å². The fourth-order valence-corrected chi connectivity index (χ4v) is 2.40. The van der Waals surface area contributed by atoms with Crippen molar-refractivity contribution in [1.82, 2.24) is 10.3 Å². The summed E-state index contributed by atoms with van der Waals surface area (Å²) in [6.45, 7) is 3.60. The fraction of sp³-hybridized carbons (Fsp3) is 0.286.